The van der Waals surface area contributed by atoms with Crippen molar-refractivity contribution in [2.24, 2.45) is 51.4 Å². The molecule has 1 fully saturated rings. The fourth-order valence-corrected chi connectivity index (χ4v) is 15.4. The number of hydrogen-bond acceptors (Lipinski definition) is 31. The van der Waals surface area contributed by atoms with E-state index >= 15 is 4.79 Å². The summed E-state index contributed by atoms with van der Waals surface area (Å²) in [5.74, 6) is -16.7. The predicted molar refractivity (Wildman–Crippen MR) is 460 cm³/mol. The number of nitrogens with one attached hydrogen (secondary N) is 10. The van der Waals surface area contributed by atoms with Crippen molar-refractivity contribution in [3.63, 3.8) is 0 Å². The molecule has 47 heteroatoms. The minimum absolute atomic E-state index is 0.0110. The monoisotopic (exact) mass is 1830 g/mol. The lowest BCUT2D eigenvalue weighted by Gasteiger charge is -2.39. The maximum absolute atomic E-state index is 15.0. The number of amides is 11. The normalized spacial score (nSPS) is 15.5. The Morgan fingerprint density at radius 3 is 1.91 bits per heavy atom. The maximum Gasteiger partial charge on any atom is 0.426 e. The van der Waals surface area contributed by atoms with Crippen LogP contribution < -0.4 is 82.1 Å². The topological polar surface area (TPSA) is 682 Å². The van der Waals surface area contributed by atoms with E-state index in [2.05, 4.69) is 63.4 Å². The van der Waals surface area contributed by atoms with Crippen molar-refractivity contribution in [1.82, 2.24) is 68.2 Å². The number of aromatic nitrogens is 1. The van der Waals surface area contributed by atoms with Gasteiger partial charge in [-0.2, -0.15) is 0 Å². The molecule has 1 aromatic carbocycles. The highest BCUT2D eigenvalue weighted by atomic mass is 33.1. The van der Waals surface area contributed by atoms with E-state index in [9.17, 15) is 92.3 Å². The number of aliphatic imine (C=N–C) groups is 1. The Labute approximate surface area is 737 Å². The van der Waals surface area contributed by atoms with Crippen molar-refractivity contribution in [3.05, 3.63) is 45.9 Å². The number of likely N-dealkylation sites (N-methyl/N-ethyl adjacent to an activating group) is 1. The van der Waals surface area contributed by atoms with Crippen LogP contribution >= 0.6 is 32.9 Å². The minimum atomic E-state index is -1.94. The number of nitrogens with zero attached hydrogens (tertiary/aromatic N) is 4. The lowest BCUT2D eigenvalue weighted by molar-refractivity contribution is -0.160. The van der Waals surface area contributed by atoms with E-state index in [-0.39, 0.29) is 149 Å². The molecule has 1 aliphatic rings. The van der Waals surface area contributed by atoms with Crippen LogP contribution in [-0.2, 0) is 97.2 Å². The second-order valence-electron chi connectivity index (χ2n) is 30.1. The first kappa shape index (κ1) is 109. The smallest absolute Gasteiger partial charge is 0.426 e. The number of likely N-dealkylation sites (tertiary alicyclic amines) is 1. The van der Waals surface area contributed by atoms with Gasteiger partial charge in [0.05, 0.1) is 45.3 Å². The molecule has 0 saturated carbocycles. The number of ether oxygens (including phenoxy) is 5. The summed E-state index contributed by atoms with van der Waals surface area (Å²) in [5, 5.41) is 61.1. The molecule has 1 saturated heterocycles. The van der Waals surface area contributed by atoms with Gasteiger partial charge in [0.1, 0.15) is 65.4 Å². The van der Waals surface area contributed by atoms with Gasteiger partial charge in [-0.25, -0.2) is 20.0 Å². The quantitative estimate of drug-likeness (QED) is 0.00551. The molecule has 1 aromatic heterocycles. The van der Waals surface area contributed by atoms with Crippen LogP contribution in [0.1, 0.15) is 178 Å². The molecule has 24 N–H and O–H groups in total. The van der Waals surface area contributed by atoms with Gasteiger partial charge in [0.15, 0.2) is 18.8 Å². The molecule has 125 heavy (non-hydrogen) atoms. The number of carbonyl (C=O) groups is 16. The zero-order valence-corrected chi connectivity index (χ0v) is 74.4. The first-order valence-corrected chi connectivity index (χ1v) is 44.7. The lowest BCUT2D eigenvalue weighted by atomic mass is 9.92. The average Bonchev–Trinajstić information content (AvgIpc) is 1.76. The highest BCUT2D eigenvalue weighted by molar-refractivity contribution is 8.76. The molecular weight excluding hydrogens is 1700 g/mol. The lowest BCUT2D eigenvalue weighted by Crippen LogP contribution is -2.59. The van der Waals surface area contributed by atoms with Gasteiger partial charge in [0, 0.05) is 80.7 Å². The third-order valence-electron chi connectivity index (χ3n) is 19.5. The van der Waals surface area contributed by atoms with Crippen LogP contribution in [0.3, 0.4) is 0 Å². The van der Waals surface area contributed by atoms with Gasteiger partial charge >= 0.3 is 35.9 Å². The van der Waals surface area contributed by atoms with Gasteiger partial charge in [0.2, 0.25) is 53.2 Å². The van der Waals surface area contributed by atoms with E-state index in [0.717, 1.165) is 45.8 Å². The van der Waals surface area contributed by atoms with Gasteiger partial charge in [-0.05, 0) is 114 Å². The number of hydrazine groups is 1. The van der Waals surface area contributed by atoms with Crippen molar-refractivity contribution in [3.8, 4) is 5.75 Å². The number of piperidine rings is 1. The zero-order chi connectivity index (χ0) is 93.3. The number of esters is 2. The predicted octanol–water partition coefficient (Wildman–Crippen LogP) is -1.02. The first-order chi connectivity index (χ1) is 59.3. The number of rotatable bonds is 61. The van der Waals surface area contributed by atoms with Gasteiger partial charge in [-0.1, -0.05) is 88.1 Å². The number of carboxylic acid groups (broad SMARTS) is 3. The van der Waals surface area contributed by atoms with Crippen molar-refractivity contribution in [2.75, 3.05) is 91.0 Å². The van der Waals surface area contributed by atoms with E-state index in [1.165, 1.54) is 36.3 Å². The molecule has 2 heterocycles. The van der Waals surface area contributed by atoms with E-state index in [0.29, 0.717) is 50.9 Å². The van der Waals surface area contributed by atoms with E-state index in [1.807, 2.05) is 39.6 Å². The Morgan fingerprint density at radius 1 is 0.688 bits per heavy atom. The highest BCUT2D eigenvalue weighted by Crippen LogP contribution is 2.33. The Balaban J connectivity index is 1.65. The van der Waals surface area contributed by atoms with Crippen LogP contribution in [0.4, 0.5) is 4.79 Å². The standard InChI is InChI=1S/C78H127N19O25S3/c1-9-16-64(105)121-43-97(75(114)65(45(5)10-2)93-73(113)58-19-12-14-28-96(58)8)59(44(3)4)39-60(122-47(7)98)74-92-56(41-123-74)72(112)86-49(36-48-20-22-50(99)23-21-48)35-46(6)66(106)94-95-78(117)120-33-34-124-125-42-57(76(115)116)91-71(111)54(37-62(101)102)89-67(107)51(81)40-85-68(108)52(17-11-13-25-79)88-70(110)55(38-63(103)104)90-69(109)53(18-15-27-84-77(82)83)87-61(100)24-29-118-31-32-119-30-26-80/h20-23,41,44-46,49,51-55,57-60,65,99H,9-19,24-40,42-43,79-81H2,1-8H3,(H,85,108)(H,86,112)(H,87,100)(H,88,110)(H,89,107)(H,90,109)(H,91,111)(H,93,113)(H,94,106)(H,95,117)(H,101,102)(H,103,104)(H,115,116)(H4,82,83,84)/t45-,46-,49+,51-,52?,53?,54-,55-,57-,58+,59+,60+,65?/m0/s1. The Morgan fingerprint density at radius 2 is 1.31 bits per heavy atom. The molecular formula is C78H127N19O25S3. The molecule has 0 bridgehead atoms. The van der Waals surface area contributed by atoms with Gasteiger partial charge < -0.3 is 120 Å². The van der Waals surface area contributed by atoms with Gasteiger partial charge in [-0.3, -0.25) is 82.4 Å². The number of phenols is 1. The SMILES string of the molecule is CCCC(=O)OCN(C(=O)C(NC(=O)[C@H]1CCCCN1C)[C@@H](C)CC)[C@H](C[C@@H](OC(C)=O)c1nc(C(=O)N[C@@H](Cc2ccc(O)cc2)C[C@H](C)C(=O)NNC(=O)OCCSSC[C@H](NC(=O)[C@H](CC(=O)O)NC(=O)[C@@H](N)CNC(=O)C(CCCCN)NC(=O)[C@H](CC(=O)O)NC(=O)C(CCCN=C(N)N)NC(=O)CCOCCOCCN)C(=O)O)cs1)C(C)C. The number of carboxylic acids is 3. The molecule has 1 aliphatic heterocycles. The first-order valence-electron chi connectivity index (χ1n) is 41.3. The summed E-state index contributed by atoms with van der Waals surface area (Å²) in [6.45, 7) is 12.2. The third-order valence-corrected chi connectivity index (χ3v) is 22.8. The minimum Gasteiger partial charge on any atom is -0.508 e. The number of nitrogens with two attached hydrogens (primary N) is 5. The van der Waals surface area contributed by atoms with E-state index in [4.69, 9.17) is 52.4 Å². The van der Waals surface area contributed by atoms with Crippen LogP contribution in [0, 0.1) is 17.8 Å². The molecule has 702 valence electrons. The number of hydrogen-bond donors (Lipinski definition) is 19. The second kappa shape index (κ2) is 59.6. The largest absolute Gasteiger partial charge is 0.508 e. The summed E-state index contributed by atoms with van der Waals surface area (Å²) in [6, 6.07) is -7.02. The number of phenolic OH excluding ortho intramolecular Hbond substituents is 1. The molecule has 0 spiro atoms. The number of unbranched alkanes of at least 4 members (excludes halogenated alkanes) is 1. The van der Waals surface area contributed by atoms with Crippen LogP contribution in [0.2, 0.25) is 0 Å². The summed E-state index contributed by atoms with van der Waals surface area (Å²) in [4.78, 5) is 225. The van der Waals surface area contributed by atoms with Crippen LogP contribution in [0.5, 0.6) is 5.75 Å². The average molecular weight is 1830 g/mol. The summed E-state index contributed by atoms with van der Waals surface area (Å²) in [7, 11) is 3.73. The number of benzene rings is 1. The van der Waals surface area contributed by atoms with Gasteiger partial charge in [-0.15, -0.1) is 11.3 Å². The maximum atomic E-state index is 15.0. The molecule has 3 rings (SSSR count). The molecule has 2 aromatic rings. The fraction of sp³-hybridized carbons (Fsp3) is 0.667. The van der Waals surface area contributed by atoms with Gasteiger partial charge in [0.25, 0.3) is 5.91 Å². The van der Waals surface area contributed by atoms with Crippen molar-refractivity contribution < 1.29 is 121 Å². The second-order valence-corrected chi connectivity index (χ2v) is 33.6. The van der Waals surface area contributed by atoms with Crippen molar-refractivity contribution >= 4 is 134 Å². The molecule has 13 atom stereocenters. The molecule has 11 amide bonds. The fourth-order valence-electron chi connectivity index (χ4n) is 12.5. The van der Waals surface area contributed by atoms with Crippen LogP contribution in [0.25, 0.3) is 0 Å². The Kier molecular flexibility index (Phi) is 51.9. The van der Waals surface area contributed by atoms with Crippen molar-refractivity contribution in [1.29, 1.82) is 0 Å². The van der Waals surface area contributed by atoms with E-state index < -0.39 is 188 Å². The van der Waals surface area contributed by atoms with Crippen molar-refractivity contribution in [2.45, 2.75) is 224 Å². The molecule has 0 aliphatic carbocycles. The number of carbonyl (C=O) groups excluding carboxylic acids is 13. The Hall–Kier alpha value is -10.3. The zero-order valence-electron chi connectivity index (χ0n) is 71.9. The number of aromatic hydroxyl groups is 1. The number of aliphatic carboxylic acids is 3. The number of thiazole rings is 1. The summed E-state index contributed by atoms with van der Waals surface area (Å²) < 4.78 is 27.4. The van der Waals surface area contributed by atoms with Crippen LogP contribution in [-0.4, -0.2) is 288 Å². The molecule has 44 nitrogen and oxygen atoms in total. The van der Waals surface area contributed by atoms with Crippen LogP contribution in [0.15, 0.2) is 34.6 Å². The molecule has 0 radical (unpaired) electrons. The summed E-state index contributed by atoms with van der Waals surface area (Å²) in [5.41, 5.74) is 32.9. The Bertz CT molecular complexity index is 3850. The van der Waals surface area contributed by atoms with E-state index in [1.54, 1.807) is 19.1 Å². The summed E-state index contributed by atoms with van der Waals surface area (Å²) >= 11 is 1.00. The summed E-state index contributed by atoms with van der Waals surface area (Å²) in [6.07, 6.45) is -0.647. The highest BCUT2D eigenvalue weighted by Gasteiger charge is 2.41. The third kappa shape index (κ3) is 43.0. The number of guanidine groups is 1. The molecule has 3 unspecified atom stereocenters.